The smallest absolute Gasteiger partial charge is 0.415 e. The first-order valence-corrected chi connectivity index (χ1v) is 7.22. The summed E-state index contributed by atoms with van der Waals surface area (Å²) in [6.07, 6.45) is 4.47. The second-order valence-corrected chi connectivity index (χ2v) is 5.57. The molecule has 0 bridgehead atoms. The number of rotatable bonds is 3. The van der Waals surface area contributed by atoms with Crippen molar-refractivity contribution in [3.05, 3.63) is 18.1 Å². The van der Waals surface area contributed by atoms with Crippen LogP contribution in [0.15, 0.2) is 12.4 Å². The third-order valence-electron chi connectivity index (χ3n) is 3.90. The number of hydrogen-bond donors (Lipinski definition) is 1. The van der Waals surface area contributed by atoms with E-state index in [4.69, 9.17) is 4.74 Å². The van der Waals surface area contributed by atoms with Gasteiger partial charge >= 0.3 is 6.09 Å². The van der Waals surface area contributed by atoms with Gasteiger partial charge in [-0.3, -0.25) is 4.90 Å². The van der Waals surface area contributed by atoms with Gasteiger partial charge in [0.2, 0.25) is 0 Å². The van der Waals surface area contributed by atoms with Crippen molar-refractivity contribution in [3.63, 3.8) is 0 Å². The van der Waals surface area contributed by atoms with E-state index in [0.29, 0.717) is 18.3 Å². The van der Waals surface area contributed by atoms with Gasteiger partial charge in [0, 0.05) is 11.8 Å². The summed E-state index contributed by atoms with van der Waals surface area (Å²) in [4.78, 5) is 21.8. The van der Waals surface area contributed by atoms with Crippen molar-refractivity contribution in [1.29, 1.82) is 0 Å². The fourth-order valence-corrected chi connectivity index (χ4v) is 2.82. The van der Waals surface area contributed by atoms with E-state index in [9.17, 15) is 4.79 Å². The molecule has 2 aliphatic heterocycles. The van der Waals surface area contributed by atoms with Crippen LogP contribution in [0.4, 0.5) is 10.6 Å². The van der Waals surface area contributed by atoms with E-state index in [1.807, 2.05) is 13.0 Å². The van der Waals surface area contributed by atoms with Crippen molar-refractivity contribution in [2.75, 3.05) is 24.5 Å². The molecule has 20 heavy (non-hydrogen) atoms. The van der Waals surface area contributed by atoms with Crippen LogP contribution >= 0.6 is 0 Å². The Morgan fingerprint density at radius 2 is 2.20 bits per heavy atom. The second-order valence-electron chi connectivity index (χ2n) is 5.57. The minimum absolute atomic E-state index is 0.0784. The van der Waals surface area contributed by atoms with Gasteiger partial charge in [0.15, 0.2) is 0 Å². The van der Waals surface area contributed by atoms with E-state index < -0.39 is 0 Å². The summed E-state index contributed by atoms with van der Waals surface area (Å²) in [6.45, 7) is 4.61. The van der Waals surface area contributed by atoms with Crippen molar-refractivity contribution < 1.29 is 9.53 Å². The number of carbonyl (C=O) groups is 1. The van der Waals surface area contributed by atoms with E-state index in [1.165, 1.54) is 12.8 Å². The number of ether oxygens (including phenoxy) is 1. The number of amides is 1. The van der Waals surface area contributed by atoms with E-state index in [2.05, 4.69) is 15.3 Å². The topological polar surface area (TPSA) is 67.3 Å². The van der Waals surface area contributed by atoms with Gasteiger partial charge in [0.25, 0.3) is 0 Å². The van der Waals surface area contributed by atoms with Gasteiger partial charge < -0.3 is 10.1 Å². The Balaban J connectivity index is 1.70. The average molecular weight is 276 g/mol. The van der Waals surface area contributed by atoms with Crippen molar-refractivity contribution >= 4 is 11.9 Å². The first-order chi connectivity index (χ1) is 9.72. The molecule has 1 N–H and O–H groups in total. The first kappa shape index (κ1) is 13.3. The number of cyclic esters (lactones) is 1. The van der Waals surface area contributed by atoms with Crippen LogP contribution < -0.4 is 10.2 Å². The summed E-state index contributed by atoms with van der Waals surface area (Å²) < 4.78 is 5.14. The first-order valence-electron chi connectivity index (χ1n) is 7.22. The van der Waals surface area contributed by atoms with Crippen LogP contribution in [0.25, 0.3) is 0 Å². The monoisotopic (exact) mass is 276 g/mol. The Morgan fingerprint density at radius 3 is 2.90 bits per heavy atom. The molecule has 1 atom stereocenters. The van der Waals surface area contributed by atoms with E-state index in [1.54, 1.807) is 11.2 Å². The lowest BCUT2D eigenvalue weighted by atomic mass is 9.93. The van der Waals surface area contributed by atoms with Crippen LogP contribution in [0, 0.1) is 5.92 Å². The molecule has 3 rings (SSSR count). The molecule has 1 aromatic rings. The van der Waals surface area contributed by atoms with Gasteiger partial charge in [-0.2, -0.15) is 0 Å². The molecule has 0 unspecified atom stereocenters. The Kier molecular flexibility index (Phi) is 3.82. The molecule has 0 radical (unpaired) electrons. The van der Waals surface area contributed by atoms with E-state index >= 15 is 0 Å². The second kappa shape index (κ2) is 5.75. The van der Waals surface area contributed by atoms with Crippen LogP contribution in [0.2, 0.25) is 0 Å². The molecule has 108 valence electrons. The minimum Gasteiger partial charge on any atom is -0.444 e. The number of nitrogens with one attached hydrogen (secondary N) is 1. The molecule has 2 saturated heterocycles. The third-order valence-corrected chi connectivity index (χ3v) is 3.90. The van der Waals surface area contributed by atoms with E-state index in [0.717, 1.165) is 25.2 Å². The van der Waals surface area contributed by atoms with Crippen molar-refractivity contribution in [2.24, 2.45) is 5.92 Å². The summed E-state index contributed by atoms with van der Waals surface area (Å²) in [7, 11) is 0. The van der Waals surface area contributed by atoms with Crippen LogP contribution in [-0.2, 0) is 11.2 Å². The molecule has 1 aromatic heterocycles. The number of anilines is 1. The zero-order chi connectivity index (χ0) is 13.9. The summed E-state index contributed by atoms with van der Waals surface area (Å²) in [5.74, 6) is 1.32. The number of carbonyl (C=O) groups excluding carboxylic acids is 1. The Labute approximate surface area is 118 Å². The van der Waals surface area contributed by atoms with Gasteiger partial charge in [-0.25, -0.2) is 14.8 Å². The summed E-state index contributed by atoms with van der Waals surface area (Å²) in [6, 6.07) is 1.92. The van der Waals surface area contributed by atoms with Crippen molar-refractivity contribution in [3.8, 4) is 0 Å². The Morgan fingerprint density at radius 1 is 1.40 bits per heavy atom. The zero-order valence-electron chi connectivity index (χ0n) is 11.7. The van der Waals surface area contributed by atoms with Crippen LogP contribution in [0.3, 0.4) is 0 Å². The normalized spacial score (nSPS) is 23.9. The molecule has 3 heterocycles. The third kappa shape index (κ3) is 2.90. The lowest BCUT2D eigenvalue weighted by molar-refractivity contribution is 0.150. The number of aromatic nitrogens is 2. The lowest BCUT2D eigenvalue weighted by Gasteiger charge is -2.22. The standard InChI is InChI=1S/C14H20N4O2/c1-10-8-18(14(19)20-10)13-7-12(16-9-17-13)6-11-2-4-15-5-3-11/h7,9-11,15H,2-6,8H2,1H3/t10-/m1/s1. The molecular formula is C14H20N4O2. The lowest BCUT2D eigenvalue weighted by Crippen LogP contribution is -2.29. The molecule has 6 nitrogen and oxygen atoms in total. The molecular weight excluding hydrogens is 256 g/mol. The highest BCUT2D eigenvalue weighted by molar-refractivity contribution is 5.88. The van der Waals surface area contributed by atoms with Crippen LogP contribution in [-0.4, -0.2) is 41.8 Å². The Bertz CT molecular complexity index is 488. The zero-order valence-corrected chi connectivity index (χ0v) is 11.7. The van der Waals surface area contributed by atoms with Crippen molar-refractivity contribution in [1.82, 2.24) is 15.3 Å². The van der Waals surface area contributed by atoms with E-state index in [-0.39, 0.29) is 12.2 Å². The predicted octanol–water partition coefficient (Wildman–Crippen LogP) is 1.36. The highest BCUT2D eigenvalue weighted by Crippen LogP contribution is 2.22. The molecule has 6 heteroatoms. The minimum atomic E-state index is -0.316. The molecule has 2 aliphatic rings. The SMILES string of the molecule is C[C@@H]1CN(c2cc(CC3CCNCC3)ncn2)C(=O)O1. The van der Waals surface area contributed by atoms with Gasteiger partial charge in [0.1, 0.15) is 18.2 Å². The van der Waals surface area contributed by atoms with Gasteiger partial charge in [-0.05, 0) is 45.2 Å². The van der Waals surface area contributed by atoms with Gasteiger partial charge in [0.05, 0.1) is 6.54 Å². The van der Waals surface area contributed by atoms with Crippen LogP contribution in [0.5, 0.6) is 0 Å². The fourth-order valence-electron chi connectivity index (χ4n) is 2.82. The summed E-state index contributed by atoms with van der Waals surface area (Å²) in [5.41, 5.74) is 1.01. The molecule has 1 amide bonds. The number of hydrogen-bond acceptors (Lipinski definition) is 5. The molecule has 0 spiro atoms. The fraction of sp³-hybridized carbons (Fsp3) is 0.643. The maximum Gasteiger partial charge on any atom is 0.415 e. The average Bonchev–Trinajstić information content (AvgIpc) is 2.79. The van der Waals surface area contributed by atoms with Gasteiger partial charge in [-0.15, -0.1) is 0 Å². The highest BCUT2D eigenvalue weighted by Gasteiger charge is 2.30. The van der Waals surface area contributed by atoms with Crippen LogP contribution in [0.1, 0.15) is 25.5 Å². The number of piperidine rings is 1. The Hall–Kier alpha value is -1.69. The molecule has 0 aliphatic carbocycles. The summed E-state index contributed by atoms with van der Waals surface area (Å²) >= 11 is 0. The molecule has 0 aromatic carbocycles. The molecule has 0 saturated carbocycles. The quantitative estimate of drug-likeness (QED) is 0.903. The molecule has 2 fully saturated rings. The van der Waals surface area contributed by atoms with Gasteiger partial charge in [-0.1, -0.05) is 0 Å². The maximum atomic E-state index is 11.7. The number of nitrogens with zero attached hydrogens (tertiary/aromatic N) is 3. The largest absolute Gasteiger partial charge is 0.444 e. The highest BCUT2D eigenvalue weighted by atomic mass is 16.6. The maximum absolute atomic E-state index is 11.7. The van der Waals surface area contributed by atoms with Crippen molar-refractivity contribution in [2.45, 2.75) is 32.3 Å². The summed E-state index contributed by atoms with van der Waals surface area (Å²) in [5, 5.41) is 3.37. The predicted molar refractivity (Wildman–Crippen MR) is 74.6 cm³/mol.